The number of fused-ring (bicyclic) bond motifs is 2. The number of carbonyl (C=O) groups excluding carboxylic acids is 2. The maximum atomic E-state index is 11.9. The van der Waals surface area contributed by atoms with Crippen molar-refractivity contribution in [1.82, 2.24) is 0 Å². The van der Waals surface area contributed by atoms with Crippen LogP contribution in [0.25, 0.3) is 0 Å². The normalized spacial score (nSPS) is 43.4. The molecular formula is C12H18O3. The number of esters is 1. The molecule has 0 aromatic carbocycles. The van der Waals surface area contributed by atoms with Crippen LogP contribution in [-0.2, 0) is 14.3 Å². The van der Waals surface area contributed by atoms with Crippen LogP contribution in [-0.4, -0.2) is 18.9 Å². The summed E-state index contributed by atoms with van der Waals surface area (Å²) in [7, 11) is 1.41. The van der Waals surface area contributed by atoms with Crippen molar-refractivity contribution < 1.29 is 14.3 Å². The number of carbonyl (C=O) groups is 2. The van der Waals surface area contributed by atoms with E-state index in [0.29, 0.717) is 24.5 Å². The first-order valence-electron chi connectivity index (χ1n) is 5.54. The Hall–Kier alpha value is -0.860. The summed E-state index contributed by atoms with van der Waals surface area (Å²) >= 11 is 0. The molecule has 0 aromatic rings. The topological polar surface area (TPSA) is 43.4 Å². The van der Waals surface area contributed by atoms with Gasteiger partial charge in [-0.2, -0.15) is 0 Å². The van der Waals surface area contributed by atoms with Crippen molar-refractivity contribution in [3.63, 3.8) is 0 Å². The molecule has 2 aliphatic carbocycles. The number of ketones is 1. The lowest BCUT2D eigenvalue weighted by atomic mass is 9.67. The molecule has 3 nitrogen and oxygen atoms in total. The van der Waals surface area contributed by atoms with E-state index < -0.39 is 0 Å². The average molecular weight is 210 g/mol. The zero-order chi connectivity index (χ0) is 11.3. The summed E-state index contributed by atoms with van der Waals surface area (Å²) in [5.41, 5.74) is -0.455. The zero-order valence-corrected chi connectivity index (χ0v) is 9.63. The van der Waals surface area contributed by atoms with Gasteiger partial charge in [-0.15, -0.1) is 0 Å². The van der Waals surface area contributed by atoms with Crippen molar-refractivity contribution in [3.05, 3.63) is 0 Å². The molecule has 2 fully saturated rings. The second-order valence-corrected chi connectivity index (χ2v) is 5.37. The van der Waals surface area contributed by atoms with E-state index >= 15 is 0 Å². The standard InChI is InChI=1S/C12H18O3/c1-11-5-4-8(6-9(11)13)12(11,2)7-10(14)15-3/h8H,4-7H2,1-3H3/t8-,11-,12-/m1/s1. The van der Waals surface area contributed by atoms with Crippen LogP contribution in [0.2, 0.25) is 0 Å². The Morgan fingerprint density at radius 3 is 2.60 bits per heavy atom. The molecule has 15 heavy (non-hydrogen) atoms. The third-order valence-corrected chi connectivity index (χ3v) is 4.94. The van der Waals surface area contributed by atoms with Gasteiger partial charge < -0.3 is 4.74 Å². The quantitative estimate of drug-likeness (QED) is 0.654. The zero-order valence-electron chi connectivity index (χ0n) is 9.63. The minimum absolute atomic E-state index is 0.169. The van der Waals surface area contributed by atoms with E-state index in [9.17, 15) is 9.59 Å². The van der Waals surface area contributed by atoms with E-state index in [1.54, 1.807) is 0 Å². The Morgan fingerprint density at radius 2 is 2.20 bits per heavy atom. The lowest BCUT2D eigenvalue weighted by Crippen LogP contribution is -2.37. The summed E-state index contributed by atoms with van der Waals surface area (Å²) in [6, 6.07) is 0. The number of hydrogen-bond donors (Lipinski definition) is 0. The summed E-state index contributed by atoms with van der Waals surface area (Å²) in [6.45, 7) is 4.10. The van der Waals surface area contributed by atoms with Crippen LogP contribution < -0.4 is 0 Å². The average Bonchev–Trinajstić information content (AvgIpc) is 2.52. The molecule has 0 radical (unpaired) electrons. The highest BCUT2D eigenvalue weighted by atomic mass is 16.5. The second kappa shape index (κ2) is 3.06. The van der Waals surface area contributed by atoms with Crippen LogP contribution in [0.5, 0.6) is 0 Å². The van der Waals surface area contributed by atoms with Gasteiger partial charge in [0.25, 0.3) is 0 Å². The summed E-state index contributed by atoms with van der Waals surface area (Å²) in [5, 5.41) is 0. The molecule has 0 aliphatic heterocycles. The molecule has 0 aromatic heterocycles. The molecule has 2 bridgehead atoms. The molecule has 2 rings (SSSR count). The van der Waals surface area contributed by atoms with E-state index in [4.69, 9.17) is 4.74 Å². The van der Waals surface area contributed by atoms with Crippen LogP contribution in [0.1, 0.15) is 39.5 Å². The lowest BCUT2D eigenvalue weighted by molar-refractivity contribution is -0.145. The van der Waals surface area contributed by atoms with Gasteiger partial charge in [-0.3, -0.25) is 9.59 Å². The molecule has 0 amide bonds. The van der Waals surface area contributed by atoms with Gasteiger partial charge in [0.2, 0.25) is 0 Å². The van der Waals surface area contributed by atoms with E-state index in [2.05, 4.69) is 6.92 Å². The Morgan fingerprint density at radius 1 is 1.53 bits per heavy atom. The molecule has 0 unspecified atom stereocenters. The van der Waals surface area contributed by atoms with Crippen molar-refractivity contribution in [2.24, 2.45) is 16.7 Å². The van der Waals surface area contributed by atoms with Gasteiger partial charge in [-0.1, -0.05) is 13.8 Å². The molecule has 3 heteroatoms. The number of methoxy groups -OCH3 is 1. The molecule has 0 N–H and O–H groups in total. The fourth-order valence-electron chi connectivity index (χ4n) is 3.46. The summed E-state index contributed by atoms with van der Waals surface area (Å²) in [5.74, 6) is 0.532. The van der Waals surface area contributed by atoms with Gasteiger partial charge in [0, 0.05) is 11.8 Å². The van der Waals surface area contributed by atoms with Gasteiger partial charge in [0.15, 0.2) is 0 Å². The SMILES string of the molecule is COC(=O)C[C@]1(C)[C@@H]2CC[C@]1(C)C(=O)C2. The lowest BCUT2D eigenvalue weighted by Gasteiger charge is -2.35. The largest absolute Gasteiger partial charge is 0.469 e. The summed E-state index contributed by atoms with van der Waals surface area (Å²) in [4.78, 5) is 23.3. The van der Waals surface area contributed by atoms with Crippen molar-refractivity contribution in [1.29, 1.82) is 0 Å². The molecule has 3 atom stereocenters. The first-order valence-corrected chi connectivity index (χ1v) is 5.54. The number of Topliss-reactive ketones (excluding diaryl/α,β-unsaturated/α-hetero) is 1. The molecular weight excluding hydrogens is 192 g/mol. The van der Waals surface area contributed by atoms with E-state index in [1.165, 1.54) is 7.11 Å². The van der Waals surface area contributed by atoms with Crippen molar-refractivity contribution in [2.75, 3.05) is 7.11 Å². The molecule has 2 saturated carbocycles. The smallest absolute Gasteiger partial charge is 0.306 e. The molecule has 0 spiro atoms. The maximum Gasteiger partial charge on any atom is 0.306 e. The fourth-order valence-corrected chi connectivity index (χ4v) is 3.46. The molecule has 0 saturated heterocycles. The fraction of sp³-hybridized carbons (Fsp3) is 0.833. The summed E-state index contributed by atoms with van der Waals surface area (Å²) in [6.07, 6.45) is 3.06. The van der Waals surface area contributed by atoms with Gasteiger partial charge in [0.05, 0.1) is 13.5 Å². The monoisotopic (exact) mass is 210 g/mol. The summed E-state index contributed by atoms with van der Waals surface area (Å²) < 4.78 is 4.73. The highest BCUT2D eigenvalue weighted by Gasteiger charge is 2.64. The van der Waals surface area contributed by atoms with Crippen molar-refractivity contribution in [2.45, 2.75) is 39.5 Å². The molecule has 0 heterocycles. The Kier molecular flexibility index (Phi) is 2.18. The van der Waals surface area contributed by atoms with Crippen LogP contribution in [0.3, 0.4) is 0 Å². The molecule has 2 aliphatic rings. The number of rotatable bonds is 2. The van der Waals surface area contributed by atoms with Gasteiger partial charge >= 0.3 is 5.97 Å². The Balaban J connectivity index is 2.29. The van der Waals surface area contributed by atoms with Gasteiger partial charge in [-0.25, -0.2) is 0 Å². The molecule has 84 valence electrons. The predicted octanol–water partition coefficient (Wildman–Crippen LogP) is 1.94. The minimum Gasteiger partial charge on any atom is -0.469 e. The van der Waals surface area contributed by atoms with Crippen LogP contribution in [0, 0.1) is 16.7 Å². The van der Waals surface area contributed by atoms with Gasteiger partial charge in [-0.05, 0) is 24.2 Å². The maximum absolute atomic E-state index is 11.9. The first-order chi connectivity index (χ1) is 6.94. The first kappa shape index (κ1) is 10.7. The highest BCUT2D eigenvalue weighted by molar-refractivity contribution is 5.90. The van der Waals surface area contributed by atoms with Crippen LogP contribution in [0.15, 0.2) is 0 Å². The van der Waals surface area contributed by atoms with Crippen molar-refractivity contribution in [3.8, 4) is 0 Å². The minimum atomic E-state index is -0.286. The van der Waals surface area contributed by atoms with Crippen molar-refractivity contribution >= 4 is 11.8 Å². The third-order valence-electron chi connectivity index (χ3n) is 4.94. The number of ether oxygens (including phenoxy) is 1. The highest BCUT2D eigenvalue weighted by Crippen LogP contribution is 2.65. The van der Waals surface area contributed by atoms with E-state index in [1.807, 2.05) is 6.92 Å². The third kappa shape index (κ3) is 1.18. The van der Waals surface area contributed by atoms with Crippen LogP contribution >= 0.6 is 0 Å². The van der Waals surface area contributed by atoms with E-state index in [-0.39, 0.29) is 16.8 Å². The van der Waals surface area contributed by atoms with E-state index in [0.717, 1.165) is 12.8 Å². The Labute approximate surface area is 90.2 Å². The number of hydrogen-bond acceptors (Lipinski definition) is 3. The second-order valence-electron chi connectivity index (χ2n) is 5.37. The van der Waals surface area contributed by atoms with Gasteiger partial charge in [0.1, 0.15) is 5.78 Å². The van der Waals surface area contributed by atoms with Crippen LogP contribution in [0.4, 0.5) is 0 Å². The Bertz CT molecular complexity index is 323. The predicted molar refractivity (Wildman–Crippen MR) is 55.2 cm³/mol.